The highest BCUT2D eigenvalue weighted by molar-refractivity contribution is 9.07. The normalized spacial score (nSPS) is 27.0. The van der Waals surface area contributed by atoms with Crippen molar-refractivity contribution in [3.05, 3.63) is 76.7 Å². The van der Waals surface area contributed by atoms with E-state index >= 15 is 0 Å². The van der Waals surface area contributed by atoms with Gasteiger partial charge in [0.25, 0.3) is 0 Å². The van der Waals surface area contributed by atoms with Gasteiger partial charge in [0.15, 0.2) is 0 Å². The molecule has 4 rings (SSSR count). The molecule has 22 heavy (non-hydrogen) atoms. The molecule has 7 heteroatoms. The Morgan fingerprint density at radius 3 is 2.91 bits per heavy atom. The van der Waals surface area contributed by atoms with Crippen LogP contribution in [0.1, 0.15) is 5.56 Å². The number of rotatable bonds is 2. The summed E-state index contributed by atoms with van der Waals surface area (Å²) < 4.78 is 1.14. The second-order valence-electron chi connectivity index (χ2n) is 5.49. The first-order valence-electron chi connectivity index (χ1n) is 7.16. The van der Waals surface area contributed by atoms with Crippen molar-refractivity contribution in [3.8, 4) is 0 Å². The maximum atomic E-state index is 13.8. The van der Waals surface area contributed by atoms with Gasteiger partial charge in [0.1, 0.15) is 6.54 Å². The van der Waals surface area contributed by atoms with Crippen LogP contribution in [0.5, 0.6) is 0 Å². The molecule has 3 aliphatic heterocycles. The lowest BCUT2D eigenvalue weighted by molar-refractivity contribution is -0.834. The minimum atomic E-state index is -0.529. The molecule has 2 N–H and O–H groups in total. The number of hydrogen-bond donors (Lipinski definition) is 2. The van der Waals surface area contributed by atoms with Gasteiger partial charge in [-0.1, -0.05) is 46.6 Å². The van der Waals surface area contributed by atoms with E-state index in [1.165, 1.54) is 0 Å². The van der Waals surface area contributed by atoms with Gasteiger partial charge in [0.2, 0.25) is 11.6 Å². The molecular formula is C15H16BrN5O. The minimum absolute atomic E-state index is 0.353. The van der Waals surface area contributed by atoms with Gasteiger partial charge in [-0.2, -0.15) is 0 Å². The zero-order valence-corrected chi connectivity index (χ0v) is 13.5. The van der Waals surface area contributed by atoms with Crippen molar-refractivity contribution in [3.63, 3.8) is 0 Å². The topological polar surface area (TPSA) is 53.6 Å². The van der Waals surface area contributed by atoms with Gasteiger partial charge in [0, 0.05) is 12.1 Å². The predicted molar refractivity (Wildman–Crippen MR) is 86.6 cm³/mol. The Morgan fingerprint density at radius 2 is 2.09 bits per heavy atom. The van der Waals surface area contributed by atoms with E-state index in [2.05, 4.69) is 26.9 Å². The van der Waals surface area contributed by atoms with Gasteiger partial charge in [0.05, 0.1) is 34.5 Å². The molecule has 114 valence electrons. The second kappa shape index (κ2) is 5.13. The van der Waals surface area contributed by atoms with Crippen LogP contribution in [0.25, 0.3) is 0 Å². The highest BCUT2D eigenvalue weighted by Gasteiger charge is 2.45. The molecule has 0 aromatic heterocycles. The fourth-order valence-electron chi connectivity index (χ4n) is 3.09. The third-order valence-corrected chi connectivity index (χ3v) is 4.67. The number of nitrogens with one attached hydrogen (secondary N) is 2. The zero-order valence-electron chi connectivity index (χ0n) is 11.9. The highest BCUT2D eigenvalue weighted by atomic mass is 79.9. The van der Waals surface area contributed by atoms with Crippen LogP contribution in [0, 0.1) is 5.21 Å². The number of halogens is 1. The van der Waals surface area contributed by atoms with E-state index in [0.717, 1.165) is 17.0 Å². The summed E-state index contributed by atoms with van der Waals surface area (Å²) in [4.78, 5) is 0. The first kappa shape index (κ1) is 13.8. The summed E-state index contributed by atoms with van der Waals surface area (Å²) >= 11 is 3.41. The van der Waals surface area contributed by atoms with Crippen LogP contribution >= 0.6 is 16.1 Å². The molecule has 0 fully saturated rings. The summed E-state index contributed by atoms with van der Waals surface area (Å²) in [6.45, 7) is 1.69. The van der Waals surface area contributed by atoms with E-state index in [1.807, 2.05) is 47.5 Å². The SMILES string of the molecule is [O-][N+]1(Cc2ccccc2)C2=CNN(Br)N2CC2=C1NCC=C2. The van der Waals surface area contributed by atoms with E-state index in [9.17, 15) is 5.21 Å². The fourth-order valence-corrected chi connectivity index (χ4v) is 3.47. The molecule has 1 aromatic rings. The van der Waals surface area contributed by atoms with E-state index in [0.29, 0.717) is 25.5 Å². The predicted octanol–water partition coefficient (Wildman–Crippen LogP) is 2.03. The van der Waals surface area contributed by atoms with Gasteiger partial charge in [-0.15, -0.1) is 0 Å². The molecule has 0 spiro atoms. The lowest BCUT2D eigenvalue weighted by Gasteiger charge is -2.50. The molecule has 0 saturated carbocycles. The van der Waals surface area contributed by atoms with Crippen molar-refractivity contribution in [2.45, 2.75) is 6.54 Å². The van der Waals surface area contributed by atoms with Gasteiger partial charge in [-0.3, -0.25) is 10.1 Å². The van der Waals surface area contributed by atoms with Crippen LogP contribution in [-0.2, 0) is 6.54 Å². The minimum Gasteiger partial charge on any atom is -0.619 e. The number of hydrogen-bond acceptors (Lipinski definition) is 5. The van der Waals surface area contributed by atoms with Crippen LogP contribution < -0.4 is 10.7 Å². The molecule has 0 radical (unpaired) electrons. The van der Waals surface area contributed by atoms with E-state index in [-0.39, 0.29) is 0 Å². The quantitative estimate of drug-likeness (QED) is 0.479. The Kier molecular flexibility index (Phi) is 3.23. The first-order valence-corrected chi connectivity index (χ1v) is 7.87. The number of benzene rings is 1. The standard InChI is InChI=1S/C15H16BrN5O/c16-20-18-9-14-19(20)10-13-7-4-8-17-15(13)21(14,22)11-12-5-2-1-3-6-12/h1-7,9,17-18H,8,10-11H2. The Hall–Kier alpha value is -1.80. The molecule has 1 atom stereocenters. The van der Waals surface area contributed by atoms with E-state index in [4.69, 9.17) is 0 Å². The maximum absolute atomic E-state index is 13.8. The number of hydrazine groups is 2. The highest BCUT2D eigenvalue weighted by Crippen LogP contribution is 2.39. The average molecular weight is 362 g/mol. The van der Waals surface area contributed by atoms with Gasteiger partial charge in [-0.25, -0.2) is 5.01 Å². The second-order valence-corrected chi connectivity index (χ2v) is 6.16. The molecular weight excluding hydrogens is 346 g/mol. The van der Waals surface area contributed by atoms with Crippen molar-refractivity contribution in [1.82, 2.24) is 19.9 Å². The Morgan fingerprint density at radius 1 is 1.27 bits per heavy atom. The van der Waals surface area contributed by atoms with Gasteiger partial charge < -0.3 is 10.5 Å². The lowest BCUT2D eigenvalue weighted by Crippen LogP contribution is -2.56. The molecule has 0 bridgehead atoms. The molecule has 3 heterocycles. The monoisotopic (exact) mass is 361 g/mol. The van der Waals surface area contributed by atoms with Crippen LogP contribution in [0.4, 0.5) is 0 Å². The van der Waals surface area contributed by atoms with Gasteiger partial charge in [-0.05, 0) is 0 Å². The summed E-state index contributed by atoms with van der Waals surface area (Å²) in [5, 5.41) is 19.0. The van der Waals surface area contributed by atoms with E-state index < -0.39 is 4.65 Å². The number of nitrogens with zero attached hydrogens (tertiary/aromatic N) is 3. The van der Waals surface area contributed by atoms with Crippen molar-refractivity contribution < 1.29 is 4.65 Å². The van der Waals surface area contributed by atoms with Crippen LogP contribution in [0.3, 0.4) is 0 Å². The van der Waals surface area contributed by atoms with Gasteiger partial charge >= 0.3 is 0 Å². The number of dihydropyridines is 1. The number of hydroxylamine groups is 3. The fraction of sp³-hybridized carbons (Fsp3) is 0.200. The summed E-state index contributed by atoms with van der Waals surface area (Å²) in [6, 6.07) is 9.87. The number of fused-ring (bicyclic) bond motifs is 1. The Bertz CT molecular complexity index is 686. The Labute approximate surface area is 137 Å². The third-order valence-electron chi connectivity index (χ3n) is 4.09. The zero-order chi connectivity index (χ0) is 15.2. The van der Waals surface area contributed by atoms with Crippen LogP contribution in [0.2, 0.25) is 0 Å². The van der Waals surface area contributed by atoms with E-state index in [1.54, 1.807) is 10.3 Å². The number of quaternary nitrogens is 1. The maximum Gasteiger partial charge on any atom is 0.245 e. The summed E-state index contributed by atoms with van der Waals surface area (Å²) in [6.07, 6.45) is 5.84. The van der Waals surface area contributed by atoms with Crippen molar-refractivity contribution in [2.24, 2.45) is 0 Å². The third kappa shape index (κ3) is 2.05. The lowest BCUT2D eigenvalue weighted by atomic mass is 10.1. The molecule has 0 aliphatic carbocycles. The molecule has 3 aliphatic rings. The Balaban J connectivity index is 1.80. The van der Waals surface area contributed by atoms with Crippen LogP contribution in [0.15, 0.2) is 65.9 Å². The van der Waals surface area contributed by atoms with Crippen molar-refractivity contribution >= 4 is 16.1 Å². The van der Waals surface area contributed by atoms with Crippen LogP contribution in [-0.4, -0.2) is 26.9 Å². The summed E-state index contributed by atoms with van der Waals surface area (Å²) in [5.41, 5.74) is 5.06. The molecule has 1 aromatic carbocycles. The first-order chi connectivity index (χ1) is 10.7. The molecule has 0 amide bonds. The molecule has 6 nitrogen and oxygen atoms in total. The van der Waals surface area contributed by atoms with Crippen molar-refractivity contribution in [2.75, 3.05) is 13.1 Å². The summed E-state index contributed by atoms with van der Waals surface area (Å²) in [5.74, 6) is 1.40. The smallest absolute Gasteiger partial charge is 0.245 e. The van der Waals surface area contributed by atoms with Crippen molar-refractivity contribution in [1.29, 1.82) is 0 Å². The average Bonchev–Trinajstić information content (AvgIpc) is 2.91. The molecule has 0 saturated heterocycles. The molecule has 1 unspecified atom stereocenters. The summed E-state index contributed by atoms with van der Waals surface area (Å²) in [7, 11) is 0. The largest absolute Gasteiger partial charge is 0.619 e.